The first-order valence-electron chi connectivity index (χ1n) is 14.2. The molecule has 12 heteroatoms. The molecule has 0 saturated heterocycles. The highest BCUT2D eigenvalue weighted by atomic mass is 19.4. The molecule has 0 radical (unpaired) electrons. The van der Waals surface area contributed by atoms with E-state index in [1.807, 2.05) is 48.5 Å². The Morgan fingerprint density at radius 2 is 1.11 bits per heavy atom. The molecule has 6 nitrogen and oxygen atoms in total. The van der Waals surface area contributed by atoms with Gasteiger partial charge in [0.25, 0.3) is 0 Å². The average molecular weight is 631 g/mol. The summed E-state index contributed by atoms with van der Waals surface area (Å²) in [5.41, 5.74) is 0.744. The van der Waals surface area contributed by atoms with E-state index >= 15 is 0 Å². The van der Waals surface area contributed by atoms with Crippen LogP contribution < -0.4 is 0 Å². The lowest BCUT2D eigenvalue weighted by atomic mass is 9.56. The van der Waals surface area contributed by atoms with E-state index < -0.39 is 34.4 Å². The monoisotopic (exact) mass is 630 g/mol. The second-order valence-electron chi connectivity index (χ2n) is 11.5. The van der Waals surface area contributed by atoms with Crippen molar-refractivity contribution in [3.63, 3.8) is 0 Å². The Bertz CT molecular complexity index is 1940. The van der Waals surface area contributed by atoms with Gasteiger partial charge in [0, 0.05) is 17.8 Å². The molecule has 232 valence electrons. The summed E-state index contributed by atoms with van der Waals surface area (Å²) >= 11 is 0. The van der Waals surface area contributed by atoms with E-state index in [9.17, 15) is 26.3 Å². The highest BCUT2D eigenvalue weighted by Gasteiger charge is 2.51. The Kier molecular flexibility index (Phi) is 6.48. The fourth-order valence-corrected chi connectivity index (χ4v) is 6.40. The van der Waals surface area contributed by atoms with Gasteiger partial charge in [-0.1, -0.05) is 74.5 Å². The number of halogens is 6. The molecule has 0 atom stereocenters. The van der Waals surface area contributed by atoms with Crippen molar-refractivity contribution >= 4 is 0 Å². The molecule has 0 saturated carbocycles. The molecule has 0 bridgehead atoms. The fourth-order valence-electron chi connectivity index (χ4n) is 6.40. The van der Waals surface area contributed by atoms with Gasteiger partial charge in [-0.3, -0.25) is 0 Å². The predicted octanol–water partition coefficient (Wildman–Crippen LogP) is 7.91. The zero-order valence-corrected chi connectivity index (χ0v) is 24.3. The van der Waals surface area contributed by atoms with Gasteiger partial charge in [-0.25, -0.2) is 19.3 Å². The van der Waals surface area contributed by atoms with Crippen LogP contribution >= 0.6 is 0 Å². The molecule has 0 spiro atoms. The van der Waals surface area contributed by atoms with Gasteiger partial charge >= 0.3 is 12.4 Å². The van der Waals surface area contributed by atoms with Crippen LogP contribution in [0.25, 0.3) is 11.6 Å². The summed E-state index contributed by atoms with van der Waals surface area (Å²) in [4.78, 5) is 9.83. The van der Waals surface area contributed by atoms with Crippen LogP contribution in [0.5, 0.6) is 0 Å². The molecule has 4 aromatic heterocycles. The lowest BCUT2D eigenvalue weighted by molar-refractivity contribution is -0.141. The largest absolute Gasteiger partial charge is 0.435 e. The molecule has 0 aliphatic heterocycles. The quantitative estimate of drug-likeness (QED) is 0.186. The number of benzene rings is 2. The van der Waals surface area contributed by atoms with Crippen molar-refractivity contribution in [2.24, 2.45) is 0 Å². The van der Waals surface area contributed by atoms with Gasteiger partial charge in [0.2, 0.25) is 0 Å². The summed E-state index contributed by atoms with van der Waals surface area (Å²) in [5, 5.41) is 7.67. The molecule has 0 fully saturated rings. The standard InChI is InChI=1S/C34H24F6N6/c1-31(2)22-9-3-5-11-24(22)32(25-12-6-4-10-23(25)31,26-13-7-15-29(42-26)45-18-17-28(44-45)34(38,39)40)27-14-8-16-30(43-27)46-20-21(19-41-46)33(35,36)37/h3-20H,1-2H3. The summed E-state index contributed by atoms with van der Waals surface area (Å²) < 4.78 is 82.9. The lowest BCUT2D eigenvalue weighted by Crippen LogP contribution is -2.43. The number of alkyl halides is 6. The smallest absolute Gasteiger partial charge is 0.232 e. The van der Waals surface area contributed by atoms with Crippen LogP contribution in [0, 0.1) is 0 Å². The summed E-state index contributed by atoms with van der Waals surface area (Å²) in [6, 6.07) is 26.5. The first-order chi connectivity index (χ1) is 21.8. The Balaban J connectivity index is 1.53. The number of rotatable bonds is 4. The maximum Gasteiger partial charge on any atom is 0.435 e. The van der Waals surface area contributed by atoms with Crippen molar-refractivity contribution in [3.8, 4) is 11.6 Å². The van der Waals surface area contributed by atoms with Crippen LogP contribution in [0.4, 0.5) is 26.3 Å². The van der Waals surface area contributed by atoms with Gasteiger partial charge in [-0.15, -0.1) is 0 Å². The molecule has 2 aromatic carbocycles. The fraction of sp³-hybridized carbons (Fsp3) is 0.176. The number of nitrogens with zero attached hydrogens (tertiary/aromatic N) is 6. The van der Waals surface area contributed by atoms with Gasteiger partial charge in [0.1, 0.15) is 5.41 Å². The highest BCUT2D eigenvalue weighted by molar-refractivity contribution is 5.68. The summed E-state index contributed by atoms with van der Waals surface area (Å²) in [7, 11) is 0. The number of pyridine rings is 2. The summed E-state index contributed by atoms with van der Waals surface area (Å²) in [5.74, 6) is 0.287. The van der Waals surface area contributed by atoms with E-state index in [1.165, 1.54) is 6.20 Å². The van der Waals surface area contributed by atoms with E-state index in [4.69, 9.17) is 9.97 Å². The van der Waals surface area contributed by atoms with E-state index in [0.29, 0.717) is 11.4 Å². The average Bonchev–Trinajstić information content (AvgIpc) is 3.74. The summed E-state index contributed by atoms with van der Waals surface area (Å²) in [6.45, 7) is 4.21. The van der Waals surface area contributed by atoms with Crippen LogP contribution in [0.1, 0.15) is 58.7 Å². The molecule has 6 aromatic rings. The van der Waals surface area contributed by atoms with Gasteiger partial charge in [0.15, 0.2) is 17.3 Å². The molecule has 7 rings (SSSR count). The third kappa shape index (κ3) is 4.50. The van der Waals surface area contributed by atoms with Gasteiger partial charge in [-0.2, -0.15) is 36.5 Å². The minimum absolute atomic E-state index is 0.144. The van der Waals surface area contributed by atoms with Gasteiger partial charge in [-0.05, 0) is 52.6 Å². The normalized spacial score (nSPS) is 15.3. The molecular formula is C34H24F6N6. The third-order valence-corrected chi connectivity index (χ3v) is 8.50. The van der Waals surface area contributed by atoms with E-state index in [1.54, 1.807) is 36.4 Å². The second-order valence-corrected chi connectivity index (χ2v) is 11.5. The molecule has 0 unspecified atom stereocenters. The Labute approximate surface area is 259 Å². The minimum atomic E-state index is -4.64. The van der Waals surface area contributed by atoms with Crippen LogP contribution in [0.2, 0.25) is 0 Å². The van der Waals surface area contributed by atoms with Crippen LogP contribution in [0.15, 0.2) is 110 Å². The van der Waals surface area contributed by atoms with Crippen molar-refractivity contribution < 1.29 is 26.3 Å². The topological polar surface area (TPSA) is 61.4 Å². The predicted molar refractivity (Wildman–Crippen MR) is 157 cm³/mol. The molecule has 1 aliphatic rings. The number of aromatic nitrogens is 6. The third-order valence-electron chi connectivity index (χ3n) is 8.50. The first kappa shape index (κ1) is 29.5. The molecule has 0 amide bonds. The zero-order valence-electron chi connectivity index (χ0n) is 24.3. The van der Waals surface area contributed by atoms with Crippen LogP contribution in [0.3, 0.4) is 0 Å². The Hall–Kier alpha value is -5.26. The van der Waals surface area contributed by atoms with Crippen molar-refractivity contribution in [3.05, 3.63) is 154 Å². The maximum absolute atomic E-state index is 13.5. The van der Waals surface area contributed by atoms with Crippen molar-refractivity contribution in [2.45, 2.75) is 37.0 Å². The molecule has 1 aliphatic carbocycles. The zero-order chi connectivity index (χ0) is 32.5. The molecular weight excluding hydrogens is 606 g/mol. The second kappa shape index (κ2) is 10.1. The number of hydrogen-bond donors (Lipinski definition) is 0. The Morgan fingerprint density at radius 1 is 0.587 bits per heavy atom. The van der Waals surface area contributed by atoms with Gasteiger partial charge in [0.05, 0.1) is 23.1 Å². The van der Waals surface area contributed by atoms with Crippen molar-refractivity contribution in [1.29, 1.82) is 0 Å². The number of fused-ring (bicyclic) bond motifs is 2. The highest BCUT2D eigenvalue weighted by Crippen LogP contribution is 2.55. The first-order valence-corrected chi connectivity index (χ1v) is 14.2. The molecule has 0 N–H and O–H groups in total. The minimum Gasteiger partial charge on any atom is -0.232 e. The lowest BCUT2D eigenvalue weighted by Gasteiger charge is -2.46. The molecule has 46 heavy (non-hydrogen) atoms. The molecule has 4 heterocycles. The SMILES string of the molecule is CC1(C)c2ccccc2C(c2cccc(-n3cc(C(F)(F)F)cn3)n2)(c2cccc(-n3ccc(C(F)(F)F)n3)n2)c2ccccc21. The van der Waals surface area contributed by atoms with E-state index in [0.717, 1.165) is 50.1 Å². The number of hydrogen-bond acceptors (Lipinski definition) is 4. The summed E-state index contributed by atoms with van der Waals surface area (Å²) in [6.07, 6.45) is -6.42. The van der Waals surface area contributed by atoms with Crippen molar-refractivity contribution in [2.75, 3.05) is 0 Å². The van der Waals surface area contributed by atoms with Crippen molar-refractivity contribution in [1.82, 2.24) is 29.5 Å². The Morgan fingerprint density at radius 3 is 1.59 bits per heavy atom. The van der Waals surface area contributed by atoms with Crippen LogP contribution in [-0.2, 0) is 23.2 Å². The maximum atomic E-state index is 13.5. The van der Waals surface area contributed by atoms with Crippen LogP contribution in [-0.4, -0.2) is 29.5 Å². The van der Waals surface area contributed by atoms with E-state index in [-0.39, 0.29) is 11.6 Å². The van der Waals surface area contributed by atoms with Gasteiger partial charge < -0.3 is 0 Å². The van der Waals surface area contributed by atoms with E-state index in [2.05, 4.69) is 24.0 Å².